The number of aromatic nitrogens is 2. The van der Waals surface area contributed by atoms with Crippen molar-refractivity contribution in [1.29, 1.82) is 0 Å². The molecule has 8 nitrogen and oxygen atoms in total. The maximum absolute atomic E-state index is 11.5. The second kappa shape index (κ2) is 7.47. The van der Waals surface area contributed by atoms with Crippen molar-refractivity contribution in [2.24, 2.45) is 0 Å². The fraction of sp³-hybridized carbons (Fsp3) is 0.636. The van der Waals surface area contributed by atoms with Gasteiger partial charge in [-0.3, -0.25) is 14.9 Å². The molecule has 1 aromatic rings. The second-order valence-electron chi connectivity index (χ2n) is 4.32. The lowest BCUT2D eigenvalue weighted by Crippen LogP contribution is -2.29. The summed E-state index contributed by atoms with van der Waals surface area (Å²) in [5.41, 5.74) is 0. The number of aliphatic carboxylic acids is 1. The van der Waals surface area contributed by atoms with Crippen LogP contribution in [0.25, 0.3) is 0 Å². The fourth-order valence-corrected chi connectivity index (χ4v) is 1.25. The second-order valence-corrected chi connectivity index (χ2v) is 4.32. The molecule has 1 aromatic heterocycles. The number of carboxylic acids is 1. The highest BCUT2D eigenvalue weighted by Crippen LogP contribution is 2.14. The van der Waals surface area contributed by atoms with E-state index in [2.05, 4.69) is 20.8 Å². The number of nitrogens with zero attached hydrogens (tertiary/aromatic N) is 2. The van der Waals surface area contributed by atoms with Crippen molar-refractivity contribution in [1.82, 2.24) is 15.5 Å². The van der Waals surface area contributed by atoms with Crippen LogP contribution in [0.5, 0.6) is 0 Å². The van der Waals surface area contributed by atoms with Crippen LogP contribution in [0.4, 0.5) is 6.01 Å². The van der Waals surface area contributed by atoms with Crippen LogP contribution < -0.4 is 10.6 Å². The van der Waals surface area contributed by atoms with Gasteiger partial charge in [-0.1, -0.05) is 18.9 Å². The predicted octanol–water partition coefficient (Wildman–Crippen LogP) is 0.586. The van der Waals surface area contributed by atoms with Gasteiger partial charge in [-0.05, 0) is 13.0 Å². The minimum Gasteiger partial charge on any atom is -0.481 e. The highest BCUT2D eigenvalue weighted by atomic mass is 16.4. The summed E-state index contributed by atoms with van der Waals surface area (Å²) in [5, 5.41) is 21.2. The van der Waals surface area contributed by atoms with Gasteiger partial charge in [-0.2, -0.15) is 0 Å². The maximum Gasteiger partial charge on any atom is 0.322 e. The van der Waals surface area contributed by atoms with Crippen molar-refractivity contribution in [3.63, 3.8) is 0 Å². The van der Waals surface area contributed by atoms with Crippen LogP contribution in [0.1, 0.15) is 38.5 Å². The van der Waals surface area contributed by atoms with E-state index in [4.69, 9.17) is 9.52 Å². The summed E-state index contributed by atoms with van der Waals surface area (Å²) in [4.78, 5) is 21.7. The monoisotopic (exact) mass is 270 g/mol. The number of amides is 1. The Labute approximate surface area is 110 Å². The molecule has 0 aliphatic carbocycles. The lowest BCUT2D eigenvalue weighted by molar-refractivity contribution is -0.137. The first-order chi connectivity index (χ1) is 8.99. The molecule has 3 N–H and O–H groups in total. The molecule has 0 atom stereocenters. The van der Waals surface area contributed by atoms with Crippen molar-refractivity contribution >= 4 is 17.9 Å². The standard InChI is InChI=1S/C11H18N4O4/c1-7(2)10-14-15-11(19-10)13-8(16)6-12-5-3-4-9(17)18/h7,12H,3-6H2,1-2H3,(H,17,18)(H,13,15,16). The van der Waals surface area contributed by atoms with Gasteiger partial charge < -0.3 is 14.8 Å². The SMILES string of the molecule is CC(C)c1nnc(NC(=O)CNCCCC(=O)O)o1. The molecule has 1 rings (SSSR count). The maximum atomic E-state index is 11.5. The highest BCUT2D eigenvalue weighted by molar-refractivity contribution is 5.90. The van der Waals surface area contributed by atoms with E-state index in [-0.39, 0.29) is 30.8 Å². The van der Waals surface area contributed by atoms with Gasteiger partial charge in [-0.25, -0.2) is 0 Å². The third-order valence-electron chi connectivity index (χ3n) is 2.21. The summed E-state index contributed by atoms with van der Waals surface area (Å²) < 4.78 is 5.21. The molecule has 0 fully saturated rings. The van der Waals surface area contributed by atoms with Crippen molar-refractivity contribution in [2.45, 2.75) is 32.6 Å². The van der Waals surface area contributed by atoms with Crippen LogP contribution in [0, 0.1) is 0 Å². The van der Waals surface area contributed by atoms with Gasteiger partial charge in [0.25, 0.3) is 0 Å². The normalized spacial score (nSPS) is 10.7. The van der Waals surface area contributed by atoms with Crippen LogP contribution in [0.2, 0.25) is 0 Å². The zero-order valence-corrected chi connectivity index (χ0v) is 11.0. The van der Waals surface area contributed by atoms with Gasteiger partial charge in [0, 0.05) is 12.3 Å². The van der Waals surface area contributed by atoms with Crippen molar-refractivity contribution in [2.75, 3.05) is 18.4 Å². The fourth-order valence-electron chi connectivity index (χ4n) is 1.25. The Hall–Kier alpha value is -1.96. The van der Waals surface area contributed by atoms with Gasteiger partial charge >= 0.3 is 12.0 Å². The molecule has 0 saturated heterocycles. The average molecular weight is 270 g/mol. The van der Waals surface area contributed by atoms with Gasteiger partial charge in [0.1, 0.15) is 0 Å². The molecule has 106 valence electrons. The van der Waals surface area contributed by atoms with E-state index in [0.717, 1.165) is 0 Å². The van der Waals surface area contributed by atoms with Gasteiger partial charge in [-0.15, -0.1) is 5.10 Å². The molecule has 0 radical (unpaired) electrons. The Morgan fingerprint density at radius 1 is 1.37 bits per heavy atom. The first-order valence-corrected chi connectivity index (χ1v) is 6.04. The largest absolute Gasteiger partial charge is 0.481 e. The molecule has 0 aliphatic rings. The predicted molar refractivity (Wildman–Crippen MR) is 66.8 cm³/mol. The zero-order chi connectivity index (χ0) is 14.3. The molecule has 0 aromatic carbocycles. The summed E-state index contributed by atoms with van der Waals surface area (Å²) >= 11 is 0. The summed E-state index contributed by atoms with van der Waals surface area (Å²) in [7, 11) is 0. The van der Waals surface area contributed by atoms with Crippen LogP contribution in [-0.2, 0) is 9.59 Å². The Balaban J connectivity index is 2.21. The molecular weight excluding hydrogens is 252 g/mol. The molecular formula is C11H18N4O4. The summed E-state index contributed by atoms with van der Waals surface area (Å²) in [6, 6.07) is 0.0704. The van der Waals surface area contributed by atoms with E-state index in [1.54, 1.807) is 0 Å². The molecule has 1 amide bonds. The Morgan fingerprint density at radius 3 is 2.68 bits per heavy atom. The molecule has 0 bridgehead atoms. The van der Waals surface area contributed by atoms with Gasteiger partial charge in [0.05, 0.1) is 6.54 Å². The zero-order valence-electron chi connectivity index (χ0n) is 11.0. The smallest absolute Gasteiger partial charge is 0.322 e. The van der Waals surface area contributed by atoms with Crippen LogP contribution in [0.3, 0.4) is 0 Å². The summed E-state index contributed by atoms with van der Waals surface area (Å²) in [6.07, 6.45) is 0.552. The Bertz CT molecular complexity index is 430. The highest BCUT2D eigenvalue weighted by Gasteiger charge is 2.11. The number of carboxylic acid groups (broad SMARTS) is 1. The van der Waals surface area contributed by atoms with Crippen LogP contribution in [0.15, 0.2) is 4.42 Å². The summed E-state index contributed by atoms with van der Waals surface area (Å²) in [6.45, 7) is 4.34. The van der Waals surface area contributed by atoms with E-state index >= 15 is 0 Å². The van der Waals surface area contributed by atoms with Crippen molar-refractivity contribution < 1.29 is 19.1 Å². The van der Waals surface area contributed by atoms with E-state index in [9.17, 15) is 9.59 Å². The lowest BCUT2D eigenvalue weighted by Gasteiger charge is -2.02. The van der Waals surface area contributed by atoms with E-state index in [1.807, 2.05) is 13.8 Å². The van der Waals surface area contributed by atoms with E-state index in [1.165, 1.54) is 0 Å². The molecule has 1 heterocycles. The molecule has 8 heteroatoms. The van der Waals surface area contributed by atoms with Crippen molar-refractivity contribution in [3.8, 4) is 0 Å². The number of anilines is 1. The number of hydrogen-bond acceptors (Lipinski definition) is 6. The number of nitrogens with one attached hydrogen (secondary N) is 2. The molecule has 0 spiro atoms. The van der Waals surface area contributed by atoms with Gasteiger partial charge in [0.15, 0.2) is 0 Å². The Morgan fingerprint density at radius 2 is 2.11 bits per heavy atom. The van der Waals surface area contributed by atoms with Crippen molar-refractivity contribution in [3.05, 3.63) is 5.89 Å². The number of carbonyl (C=O) groups is 2. The van der Waals surface area contributed by atoms with Crippen LogP contribution in [-0.4, -0.2) is 40.3 Å². The molecule has 0 unspecified atom stereocenters. The minimum atomic E-state index is -0.849. The van der Waals surface area contributed by atoms with Gasteiger partial charge in [0.2, 0.25) is 11.8 Å². The third kappa shape index (κ3) is 5.96. The topological polar surface area (TPSA) is 117 Å². The molecule has 19 heavy (non-hydrogen) atoms. The number of carbonyl (C=O) groups excluding carboxylic acids is 1. The molecule has 0 aliphatic heterocycles. The Kier molecular flexibility index (Phi) is 5.94. The number of hydrogen-bond donors (Lipinski definition) is 3. The first kappa shape index (κ1) is 15.1. The third-order valence-corrected chi connectivity index (χ3v) is 2.21. The first-order valence-electron chi connectivity index (χ1n) is 6.04. The average Bonchev–Trinajstić information content (AvgIpc) is 2.76. The van der Waals surface area contributed by atoms with E-state index in [0.29, 0.717) is 18.9 Å². The van der Waals surface area contributed by atoms with Crippen LogP contribution >= 0.6 is 0 Å². The lowest BCUT2D eigenvalue weighted by atomic mass is 10.2. The quantitative estimate of drug-likeness (QED) is 0.591. The van der Waals surface area contributed by atoms with E-state index < -0.39 is 5.97 Å². The minimum absolute atomic E-state index is 0.0685. The number of rotatable bonds is 8. The summed E-state index contributed by atoms with van der Waals surface area (Å²) in [5.74, 6) is -0.593. The molecule has 0 saturated carbocycles.